The van der Waals surface area contributed by atoms with E-state index in [0.717, 1.165) is 0 Å². The third-order valence-corrected chi connectivity index (χ3v) is 3.35. The van der Waals surface area contributed by atoms with Gasteiger partial charge in [-0.25, -0.2) is 0 Å². The van der Waals surface area contributed by atoms with E-state index < -0.39 is 0 Å². The van der Waals surface area contributed by atoms with Crippen molar-refractivity contribution in [3.63, 3.8) is 0 Å². The monoisotopic (exact) mass is 274 g/mol. The Morgan fingerprint density at radius 1 is 1.41 bits per heavy atom. The van der Waals surface area contributed by atoms with Crippen LogP contribution in [0.25, 0.3) is 0 Å². The summed E-state index contributed by atoms with van der Waals surface area (Å²) in [6.45, 7) is 0.408. The number of benzene rings is 1. The molecule has 6 heteroatoms. The molecule has 0 saturated carbocycles. The zero-order chi connectivity index (χ0) is 12.6. The average Bonchev–Trinajstić information content (AvgIpc) is 2.59. The molecule has 1 atom stereocenters. The molecule has 92 valence electrons. The van der Waals surface area contributed by atoms with Gasteiger partial charge in [-0.3, -0.25) is 4.79 Å². The smallest absolute Gasteiger partial charge is 0.227 e. The molecule has 17 heavy (non-hydrogen) atoms. The topological polar surface area (TPSA) is 66.6 Å². The first kappa shape index (κ1) is 12.5. The van der Waals surface area contributed by atoms with Gasteiger partial charge in [-0.15, -0.1) is 0 Å². The predicted octanol–water partition coefficient (Wildman–Crippen LogP) is 1.92. The summed E-state index contributed by atoms with van der Waals surface area (Å²) in [6.07, 6.45) is 0.313. The fourth-order valence-corrected chi connectivity index (χ4v) is 2.67. The Labute approximate surface area is 109 Å². The largest absolute Gasteiger partial charge is 0.399 e. The molecule has 1 amide bonds. The van der Waals surface area contributed by atoms with Crippen LogP contribution in [0.15, 0.2) is 12.1 Å². The molecule has 1 fully saturated rings. The number of aliphatic hydroxyl groups is 1. The van der Waals surface area contributed by atoms with Crippen molar-refractivity contribution >= 4 is 40.5 Å². The molecule has 0 radical (unpaired) electrons. The summed E-state index contributed by atoms with van der Waals surface area (Å²) in [4.78, 5) is 13.3. The van der Waals surface area contributed by atoms with Crippen LogP contribution >= 0.6 is 23.2 Å². The van der Waals surface area contributed by atoms with Crippen molar-refractivity contribution in [2.45, 2.75) is 6.42 Å². The second-order valence-corrected chi connectivity index (χ2v) is 4.90. The van der Waals surface area contributed by atoms with Crippen molar-refractivity contribution < 1.29 is 9.90 Å². The zero-order valence-corrected chi connectivity index (χ0v) is 10.5. The lowest BCUT2D eigenvalue weighted by Crippen LogP contribution is -2.25. The molecule has 1 aliphatic heterocycles. The summed E-state index contributed by atoms with van der Waals surface area (Å²) < 4.78 is 0. The van der Waals surface area contributed by atoms with Crippen molar-refractivity contribution in [1.82, 2.24) is 0 Å². The predicted molar refractivity (Wildman–Crippen MR) is 68.4 cm³/mol. The molecule has 1 unspecified atom stereocenters. The van der Waals surface area contributed by atoms with Gasteiger partial charge in [0.15, 0.2) is 0 Å². The standard InChI is InChI=1S/C11H12Cl2N2O2/c12-8-2-7(14)3-9(13)11(8)15-4-6(5-16)1-10(15)17/h2-3,6,16H,1,4-5,14H2. The highest BCUT2D eigenvalue weighted by Gasteiger charge is 2.32. The molecule has 0 bridgehead atoms. The number of halogens is 2. The molecular formula is C11H12Cl2N2O2. The lowest BCUT2D eigenvalue weighted by Gasteiger charge is -2.19. The van der Waals surface area contributed by atoms with Crippen molar-refractivity contribution in [2.75, 3.05) is 23.8 Å². The summed E-state index contributed by atoms with van der Waals surface area (Å²) in [7, 11) is 0. The average molecular weight is 275 g/mol. The summed E-state index contributed by atoms with van der Waals surface area (Å²) in [5.74, 6) is -0.148. The molecule has 4 nitrogen and oxygen atoms in total. The fraction of sp³-hybridized carbons (Fsp3) is 0.364. The number of nitrogen functional groups attached to an aromatic ring is 1. The Bertz CT molecular complexity index is 442. The minimum atomic E-state index is -0.0855. The molecule has 1 heterocycles. The highest BCUT2D eigenvalue weighted by molar-refractivity contribution is 6.40. The van der Waals surface area contributed by atoms with Crippen LogP contribution in [0.1, 0.15) is 6.42 Å². The third-order valence-electron chi connectivity index (χ3n) is 2.77. The van der Waals surface area contributed by atoms with Crippen LogP contribution in [0.5, 0.6) is 0 Å². The van der Waals surface area contributed by atoms with Crippen LogP contribution in [-0.2, 0) is 4.79 Å². The summed E-state index contributed by atoms with van der Waals surface area (Å²) in [5, 5.41) is 9.76. The Hall–Kier alpha value is -0.970. The van der Waals surface area contributed by atoms with Gasteiger partial charge in [-0.1, -0.05) is 23.2 Å². The first-order valence-corrected chi connectivity index (χ1v) is 5.94. The van der Waals surface area contributed by atoms with E-state index in [0.29, 0.717) is 34.4 Å². The normalized spacial score (nSPS) is 20.1. The van der Waals surface area contributed by atoms with E-state index in [1.165, 1.54) is 4.90 Å². The van der Waals surface area contributed by atoms with E-state index in [2.05, 4.69) is 0 Å². The van der Waals surface area contributed by atoms with Gasteiger partial charge in [0.25, 0.3) is 0 Å². The Morgan fingerprint density at radius 2 is 2.00 bits per heavy atom. The van der Waals surface area contributed by atoms with Crippen LogP contribution in [-0.4, -0.2) is 24.2 Å². The maximum absolute atomic E-state index is 11.8. The van der Waals surface area contributed by atoms with E-state index in [4.69, 9.17) is 34.0 Å². The van der Waals surface area contributed by atoms with Gasteiger partial charge in [0.2, 0.25) is 5.91 Å². The number of amides is 1. The van der Waals surface area contributed by atoms with E-state index in [1.807, 2.05) is 0 Å². The van der Waals surface area contributed by atoms with Gasteiger partial charge in [0.1, 0.15) is 0 Å². The van der Waals surface area contributed by atoms with Crippen molar-refractivity contribution in [3.8, 4) is 0 Å². The number of nitrogens with zero attached hydrogens (tertiary/aromatic N) is 1. The minimum absolute atomic E-state index is 0.0214. The molecule has 2 rings (SSSR count). The lowest BCUT2D eigenvalue weighted by molar-refractivity contribution is -0.117. The zero-order valence-electron chi connectivity index (χ0n) is 8.99. The van der Waals surface area contributed by atoms with Gasteiger partial charge in [0.05, 0.1) is 15.7 Å². The second-order valence-electron chi connectivity index (χ2n) is 4.09. The number of carbonyl (C=O) groups excluding carboxylic acids is 1. The molecule has 0 aliphatic carbocycles. The maximum Gasteiger partial charge on any atom is 0.227 e. The Kier molecular flexibility index (Phi) is 3.47. The number of rotatable bonds is 2. The lowest BCUT2D eigenvalue weighted by atomic mass is 10.1. The van der Waals surface area contributed by atoms with Crippen LogP contribution in [0.2, 0.25) is 10.0 Å². The summed E-state index contributed by atoms with van der Waals surface area (Å²) in [5.41, 5.74) is 6.53. The number of aliphatic hydroxyl groups excluding tert-OH is 1. The molecule has 1 saturated heterocycles. The van der Waals surface area contributed by atoms with Gasteiger partial charge < -0.3 is 15.7 Å². The number of hydrogen-bond donors (Lipinski definition) is 2. The van der Waals surface area contributed by atoms with Gasteiger partial charge in [-0.2, -0.15) is 0 Å². The summed E-state index contributed by atoms with van der Waals surface area (Å²) in [6, 6.07) is 3.12. The van der Waals surface area contributed by atoms with Gasteiger partial charge in [-0.05, 0) is 12.1 Å². The van der Waals surface area contributed by atoms with Crippen molar-refractivity contribution in [3.05, 3.63) is 22.2 Å². The highest BCUT2D eigenvalue weighted by Crippen LogP contribution is 2.38. The number of carbonyl (C=O) groups is 1. The molecule has 3 N–H and O–H groups in total. The van der Waals surface area contributed by atoms with Gasteiger partial charge in [0, 0.05) is 31.2 Å². The van der Waals surface area contributed by atoms with Crippen LogP contribution < -0.4 is 10.6 Å². The second kappa shape index (κ2) is 4.72. The Morgan fingerprint density at radius 3 is 2.47 bits per heavy atom. The minimum Gasteiger partial charge on any atom is -0.399 e. The molecule has 1 aromatic rings. The molecule has 0 aromatic heterocycles. The summed E-state index contributed by atoms with van der Waals surface area (Å²) >= 11 is 12.1. The van der Waals surface area contributed by atoms with Crippen LogP contribution in [0, 0.1) is 5.92 Å². The number of anilines is 2. The van der Waals surface area contributed by atoms with E-state index in [-0.39, 0.29) is 18.4 Å². The van der Waals surface area contributed by atoms with Crippen molar-refractivity contribution in [2.24, 2.45) is 5.92 Å². The quantitative estimate of drug-likeness (QED) is 0.810. The molecule has 0 spiro atoms. The molecule has 1 aliphatic rings. The first-order valence-electron chi connectivity index (χ1n) is 5.18. The highest BCUT2D eigenvalue weighted by atomic mass is 35.5. The molecular weight excluding hydrogens is 263 g/mol. The number of hydrogen-bond acceptors (Lipinski definition) is 3. The van der Waals surface area contributed by atoms with Crippen molar-refractivity contribution in [1.29, 1.82) is 0 Å². The first-order chi connectivity index (χ1) is 8.02. The third kappa shape index (κ3) is 2.34. The fourth-order valence-electron chi connectivity index (χ4n) is 1.96. The van der Waals surface area contributed by atoms with Crippen LogP contribution in [0.3, 0.4) is 0 Å². The number of nitrogens with two attached hydrogens (primary N) is 1. The maximum atomic E-state index is 11.8. The van der Waals surface area contributed by atoms with E-state index in [9.17, 15) is 4.79 Å². The Balaban J connectivity index is 2.38. The SMILES string of the molecule is Nc1cc(Cl)c(N2CC(CO)CC2=O)c(Cl)c1. The van der Waals surface area contributed by atoms with Gasteiger partial charge >= 0.3 is 0 Å². The van der Waals surface area contributed by atoms with Crippen LogP contribution in [0.4, 0.5) is 11.4 Å². The molecule has 1 aromatic carbocycles. The van der Waals surface area contributed by atoms with E-state index in [1.54, 1.807) is 12.1 Å². The van der Waals surface area contributed by atoms with E-state index >= 15 is 0 Å².